The zero-order chi connectivity index (χ0) is 22.4. The predicted octanol–water partition coefficient (Wildman–Crippen LogP) is 1.57. The van der Waals surface area contributed by atoms with Crippen molar-refractivity contribution in [2.75, 3.05) is 16.8 Å². The summed E-state index contributed by atoms with van der Waals surface area (Å²) < 4.78 is 0. The number of benzene rings is 1. The van der Waals surface area contributed by atoms with E-state index in [0.717, 1.165) is 18.5 Å². The molecule has 1 atom stereocenters. The van der Waals surface area contributed by atoms with E-state index in [1.165, 1.54) is 0 Å². The summed E-state index contributed by atoms with van der Waals surface area (Å²) in [7, 11) is 0. The molecule has 11 heteroatoms. The summed E-state index contributed by atoms with van der Waals surface area (Å²) in [6, 6.07) is 5.80. The number of carbonyl (C=O) groups is 2. The summed E-state index contributed by atoms with van der Waals surface area (Å²) in [4.78, 5) is 40.1. The second kappa shape index (κ2) is 9.65. The lowest BCUT2D eigenvalue weighted by Crippen LogP contribution is -2.40. The molecule has 0 spiro atoms. The monoisotopic (exact) mass is 424 g/mol. The lowest BCUT2D eigenvalue weighted by Gasteiger charge is -2.14. The number of nitrogen functional groups attached to an aromatic ring is 2. The van der Waals surface area contributed by atoms with Crippen LogP contribution in [0.15, 0.2) is 30.5 Å². The molecule has 11 nitrogen and oxygen atoms in total. The lowest BCUT2D eigenvalue weighted by atomic mass is 10.1. The number of anilines is 3. The number of nitrogens with one attached hydrogen (secondary N) is 2. The van der Waals surface area contributed by atoms with E-state index >= 15 is 0 Å². The van der Waals surface area contributed by atoms with Gasteiger partial charge in [-0.1, -0.05) is 19.8 Å². The number of aromatic nitrogens is 4. The predicted molar refractivity (Wildman–Crippen MR) is 116 cm³/mol. The molecule has 0 aliphatic rings. The highest BCUT2D eigenvalue weighted by Crippen LogP contribution is 2.16. The second-order valence-electron chi connectivity index (χ2n) is 6.94. The summed E-state index contributed by atoms with van der Waals surface area (Å²) in [6.45, 7) is 2.32. The van der Waals surface area contributed by atoms with Gasteiger partial charge in [-0.25, -0.2) is 14.8 Å². The van der Waals surface area contributed by atoms with E-state index < -0.39 is 17.9 Å². The number of carbonyl (C=O) groups excluding carboxylic acids is 1. The van der Waals surface area contributed by atoms with Crippen LogP contribution in [0.1, 0.15) is 42.2 Å². The molecule has 0 saturated carbocycles. The van der Waals surface area contributed by atoms with Gasteiger partial charge in [-0.3, -0.25) is 4.79 Å². The Bertz CT molecular complexity index is 1090. The van der Waals surface area contributed by atoms with Gasteiger partial charge in [0.2, 0.25) is 5.95 Å². The van der Waals surface area contributed by atoms with Crippen LogP contribution in [-0.4, -0.2) is 43.0 Å². The SMILES string of the molecule is CCCC[C@H](NC(=O)c1ccc(NCc2cnc3nc(N)nc(N)c3n2)cc1)C(=O)O. The van der Waals surface area contributed by atoms with E-state index in [-0.39, 0.29) is 11.8 Å². The molecule has 7 N–H and O–H groups in total. The van der Waals surface area contributed by atoms with Gasteiger partial charge < -0.3 is 27.2 Å². The van der Waals surface area contributed by atoms with Crippen molar-refractivity contribution in [2.45, 2.75) is 38.8 Å². The molecule has 31 heavy (non-hydrogen) atoms. The van der Waals surface area contributed by atoms with Crippen LogP contribution in [0.4, 0.5) is 17.5 Å². The molecule has 0 fully saturated rings. The van der Waals surface area contributed by atoms with Crippen LogP contribution in [0.5, 0.6) is 0 Å². The standard InChI is InChI=1S/C20H24N8O3/c1-2-3-4-14(19(30)31)26-18(29)11-5-7-12(8-6-11)23-9-13-10-24-17-15(25-13)16(21)27-20(22)28-17/h5-8,10,14,23H,2-4,9H2,1H3,(H,26,29)(H,30,31)(H4,21,22,24,27,28)/t14-/m0/s1. The quantitative estimate of drug-likeness (QED) is 0.338. The van der Waals surface area contributed by atoms with Crippen LogP contribution < -0.4 is 22.1 Å². The maximum absolute atomic E-state index is 12.3. The van der Waals surface area contributed by atoms with Gasteiger partial charge in [-0.2, -0.15) is 9.97 Å². The smallest absolute Gasteiger partial charge is 0.326 e. The largest absolute Gasteiger partial charge is 0.480 e. The molecule has 0 bridgehead atoms. The minimum absolute atomic E-state index is 0.0364. The van der Waals surface area contributed by atoms with E-state index in [1.807, 2.05) is 6.92 Å². The highest BCUT2D eigenvalue weighted by atomic mass is 16.4. The first kappa shape index (κ1) is 21.7. The molecule has 1 amide bonds. The Morgan fingerprint density at radius 2 is 1.87 bits per heavy atom. The average Bonchev–Trinajstić information content (AvgIpc) is 2.75. The van der Waals surface area contributed by atoms with Gasteiger partial charge in [0.25, 0.3) is 5.91 Å². The number of fused-ring (bicyclic) bond motifs is 1. The number of nitrogens with two attached hydrogens (primary N) is 2. The average molecular weight is 424 g/mol. The van der Waals surface area contributed by atoms with Crippen molar-refractivity contribution in [3.8, 4) is 0 Å². The van der Waals surface area contributed by atoms with Crippen molar-refractivity contribution in [1.82, 2.24) is 25.3 Å². The first-order chi connectivity index (χ1) is 14.9. The topological polar surface area (TPSA) is 182 Å². The summed E-state index contributed by atoms with van der Waals surface area (Å²) in [6.07, 6.45) is 3.54. The van der Waals surface area contributed by atoms with Crippen molar-refractivity contribution < 1.29 is 14.7 Å². The van der Waals surface area contributed by atoms with Crippen molar-refractivity contribution in [3.63, 3.8) is 0 Å². The molecule has 2 heterocycles. The Hall–Kier alpha value is -4.02. The molecule has 0 saturated heterocycles. The van der Waals surface area contributed by atoms with E-state index in [9.17, 15) is 14.7 Å². The molecule has 162 valence electrons. The van der Waals surface area contributed by atoms with Gasteiger partial charge in [-0.15, -0.1) is 0 Å². The number of carboxylic acid groups (broad SMARTS) is 1. The third-order valence-electron chi connectivity index (χ3n) is 4.57. The van der Waals surface area contributed by atoms with Gasteiger partial charge in [0, 0.05) is 11.3 Å². The van der Waals surface area contributed by atoms with Crippen LogP contribution >= 0.6 is 0 Å². The Labute approximate surface area is 178 Å². The fourth-order valence-electron chi connectivity index (χ4n) is 2.91. The van der Waals surface area contributed by atoms with Gasteiger partial charge in [0.15, 0.2) is 17.0 Å². The number of hydrogen-bond acceptors (Lipinski definition) is 9. The summed E-state index contributed by atoms with van der Waals surface area (Å²) >= 11 is 0. The maximum Gasteiger partial charge on any atom is 0.326 e. The fourth-order valence-corrected chi connectivity index (χ4v) is 2.91. The van der Waals surface area contributed by atoms with Gasteiger partial charge >= 0.3 is 5.97 Å². The van der Waals surface area contributed by atoms with Crippen molar-refractivity contribution in [1.29, 1.82) is 0 Å². The zero-order valence-corrected chi connectivity index (χ0v) is 17.0. The zero-order valence-electron chi connectivity index (χ0n) is 17.0. The van der Waals surface area contributed by atoms with E-state index in [0.29, 0.717) is 35.4 Å². The van der Waals surface area contributed by atoms with Gasteiger partial charge in [-0.05, 0) is 30.7 Å². The van der Waals surface area contributed by atoms with Gasteiger partial charge in [0.1, 0.15) is 6.04 Å². The van der Waals surface area contributed by atoms with E-state index in [2.05, 4.69) is 30.6 Å². The number of unbranched alkanes of at least 4 members (excludes halogenated alkanes) is 1. The molecule has 0 aliphatic heterocycles. The molecular weight excluding hydrogens is 400 g/mol. The van der Waals surface area contributed by atoms with Crippen molar-refractivity contribution >= 4 is 40.5 Å². The van der Waals surface area contributed by atoms with Crippen LogP contribution in [0.2, 0.25) is 0 Å². The molecule has 3 rings (SSSR count). The van der Waals surface area contributed by atoms with Crippen LogP contribution in [0, 0.1) is 0 Å². The minimum Gasteiger partial charge on any atom is -0.480 e. The first-order valence-corrected chi connectivity index (χ1v) is 9.79. The molecular formula is C20H24N8O3. The summed E-state index contributed by atoms with van der Waals surface area (Å²) in [5, 5.41) is 15.0. The van der Waals surface area contributed by atoms with E-state index in [1.54, 1.807) is 30.5 Å². The molecule has 1 aromatic carbocycles. The lowest BCUT2D eigenvalue weighted by molar-refractivity contribution is -0.139. The molecule has 0 unspecified atom stereocenters. The number of nitrogens with zero attached hydrogens (tertiary/aromatic N) is 4. The first-order valence-electron chi connectivity index (χ1n) is 9.79. The Kier molecular flexibility index (Phi) is 6.75. The highest BCUT2D eigenvalue weighted by molar-refractivity contribution is 5.96. The number of rotatable bonds is 9. The fraction of sp³-hybridized carbons (Fsp3) is 0.300. The van der Waals surface area contributed by atoms with Crippen LogP contribution in [0.3, 0.4) is 0 Å². The van der Waals surface area contributed by atoms with Crippen molar-refractivity contribution in [2.24, 2.45) is 0 Å². The number of aliphatic carboxylic acids is 1. The minimum atomic E-state index is -1.04. The molecule has 0 radical (unpaired) electrons. The third-order valence-corrected chi connectivity index (χ3v) is 4.57. The van der Waals surface area contributed by atoms with Gasteiger partial charge in [0.05, 0.1) is 18.4 Å². The Balaban J connectivity index is 1.62. The normalized spacial score (nSPS) is 11.8. The second-order valence-corrected chi connectivity index (χ2v) is 6.94. The molecule has 3 aromatic rings. The Morgan fingerprint density at radius 1 is 1.13 bits per heavy atom. The maximum atomic E-state index is 12.3. The highest BCUT2D eigenvalue weighted by Gasteiger charge is 2.19. The van der Waals surface area contributed by atoms with Crippen LogP contribution in [-0.2, 0) is 11.3 Å². The number of amides is 1. The van der Waals surface area contributed by atoms with E-state index in [4.69, 9.17) is 11.5 Å². The summed E-state index contributed by atoms with van der Waals surface area (Å²) in [5.41, 5.74) is 13.8. The number of hydrogen-bond donors (Lipinski definition) is 5. The number of carboxylic acids is 1. The summed E-state index contributed by atoms with van der Waals surface area (Å²) in [5.74, 6) is -1.27. The third kappa shape index (κ3) is 5.53. The Morgan fingerprint density at radius 3 is 2.55 bits per heavy atom. The molecule has 0 aliphatic carbocycles. The van der Waals surface area contributed by atoms with Crippen LogP contribution in [0.25, 0.3) is 11.2 Å². The molecule has 2 aromatic heterocycles. The van der Waals surface area contributed by atoms with Crippen molar-refractivity contribution in [3.05, 3.63) is 41.7 Å².